The molecule has 8 heteroatoms. The van der Waals surface area contributed by atoms with Gasteiger partial charge in [0, 0.05) is 24.0 Å². The number of rotatable bonds is 6. The predicted molar refractivity (Wildman–Crippen MR) is 83.6 cm³/mol. The fourth-order valence-corrected chi connectivity index (χ4v) is 2.67. The first-order valence-electron chi connectivity index (χ1n) is 6.53. The van der Waals surface area contributed by atoms with Gasteiger partial charge in [-0.3, -0.25) is 0 Å². The highest BCUT2D eigenvalue weighted by Gasteiger charge is 2.11. The Morgan fingerprint density at radius 2 is 2.33 bits per heavy atom. The van der Waals surface area contributed by atoms with Crippen LogP contribution in [0.1, 0.15) is 23.6 Å². The lowest BCUT2D eigenvalue weighted by atomic mass is 10.3. The van der Waals surface area contributed by atoms with Gasteiger partial charge in [-0.1, -0.05) is 16.8 Å². The van der Waals surface area contributed by atoms with E-state index >= 15 is 0 Å². The van der Waals surface area contributed by atoms with Crippen molar-refractivity contribution in [2.45, 2.75) is 19.6 Å². The van der Waals surface area contributed by atoms with Gasteiger partial charge in [0.05, 0.1) is 10.9 Å². The number of hydrogen-bond donors (Lipinski definition) is 3. The number of thiophene rings is 1. The van der Waals surface area contributed by atoms with Gasteiger partial charge in [0.2, 0.25) is 0 Å². The van der Waals surface area contributed by atoms with E-state index < -0.39 is 6.10 Å². The minimum Gasteiger partial charge on any atom is -0.386 e. The lowest BCUT2D eigenvalue weighted by Crippen LogP contribution is -2.39. The van der Waals surface area contributed by atoms with Crippen LogP contribution in [0.5, 0.6) is 0 Å². The number of guanidine groups is 1. The summed E-state index contributed by atoms with van der Waals surface area (Å²) in [5, 5.41) is 20.1. The first-order valence-corrected chi connectivity index (χ1v) is 7.73. The van der Waals surface area contributed by atoms with Gasteiger partial charge in [-0.2, -0.15) is 0 Å². The van der Waals surface area contributed by atoms with E-state index in [-0.39, 0.29) is 0 Å². The van der Waals surface area contributed by atoms with Crippen LogP contribution in [0, 0.1) is 0 Å². The van der Waals surface area contributed by atoms with Crippen LogP contribution in [0.25, 0.3) is 0 Å². The highest BCUT2D eigenvalue weighted by molar-refractivity contribution is 7.16. The van der Waals surface area contributed by atoms with Crippen molar-refractivity contribution in [3.8, 4) is 0 Å². The Morgan fingerprint density at radius 3 is 2.95 bits per heavy atom. The van der Waals surface area contributed by atoms with Gasteiger partial charge in [-0.15, -0.1) is 11.3 Å². The lowest BCUT2D eigenvalue weighted by molar-refractivity contribution is 0.184. The lowest BCUT2D eigenvalue weighted by Gasteiger charge is -2.14. The average molecular weight is 329 g/mol. The predicted octanol–water partition coefficient (Wildman–Crippen LogP) is 2.18. The van der Waals surface area contributed by atoms with E-state index in [2.05, 4.69) is 20.8 Å². The molecule has 0 aliphatic heterocycles. The number of aliphatic imine (C=N–C) groups is 1. The van der Waals surface area contributed by atoms with Crippen LogP contribution in [-0.2, 0) is 6.54 Å². The average Bonchev–Trinajstić information content (AvgIpc) is 3.13. The van der Waals surface area contributed by atoms with Crippen molar-refractivity contribution < 1.29 is 9.63 Å². The van der Waals surface area contributed by atoms with Crippen molar-refractivity contribution in [2.75, 3.05) is 13.1 Å². The van der Waals surface area contributed by atoms with E-state index in [9.17, 15) is 5.11 Å². The van der Waals surface area contributed by atoms with E-state index in [0.717, 1.165) is 17.1 Å². The summed E-state index contributed by atoms with van der Waals surface area (Å²) in [6, 6.07) is 5.35. The second-order valence-corrected chi connectivity index (χ2v) is 5.97. The van der Waals surface area contributed by atoms with Gasteiger partial charge >= 0.3 is 0 Å². The molecule has 0 amide bonds. The molecular weight excluding hydrogens is 312 g/mol. The molecule has 0 aliphatic carbocycles. The molecule has 0 saturated carbocycles. The number of halogens is 1. The molecule has 0 spiro atoms. The van der Waals surface area contributed by atoms with Gasteiger partial charge in [-0.25, -0.2) is 4.99 Å². The zero-order chi connectivity index (χ0) is 15.1. The Balaban J connectivity index is 1.88. The number of aliphatic hydroxyl groups is 1. The summed E-state index contributed by atoms with van der Waals surface area (Å²) >= 11 is 7.22. The van der Waals surface area contributed by atoms with Crippen molar-refractivity contribution in [1.29, 1.82) is 0 Å². The zero-order valence-corrected chi connectivity index (χ0v) is 13.1. The molecule has 1 atom stereocenters. The normalized spacial score (nSPS) is 13.2. The largest absolute Gasteiger partial charge is 0.386 e. The summed E-state index contributed by atoms with van der Waals surface area (Å²) in [6.45, 7) is 3.46. The number of nitrogens with one attached hydrogen (secondary N) is 2. The van der Waals surface area contributed by atoms with Gasteiger partial charge in [0.15, 0.2) is 5.96 Å². The third-order valence-corrected chi connectivity index (χ3v) is 3.95. The quantitative estimate of drug-likeness (QED) is 0.559. The molecule has 21 heavy (non-hydrogen) atoms. The van der Waals surface area contributed by atoms with E-state index in [0.29, 0.717) is 23.4 Å². The molecule has 2 rings (SSSR count). The van der Waals surface area contributed by atoms with E-state index in [4.69, 9.17) is 16.1 Å². The van der Waals surface area contributed by atoms with E-state index in [1.54, 1.807) is 12.1 Å². The maximum Gasteiger partial charge on any atom is 0.191 e. The Bertz CT molecular complexity index is 570. The number of aliphatic hydroxyl groups excluding tert-OH is 1. The van der Waals surface area contributed by atoms with Crippen molar-refractivity contribution in [1.82, 2.24) is 15.8 Å². The van der Waals surface area contributed by atoms with Crippen LogP contribution in [0.2, 0.25) is 4.34 Å². The summed E-state index contributed by atoms with van der Waals surface area (Å²) in [7, 11) is 0. The van der Waals surface area contributed by atoms with Crippen molar-refractivity contribution in [3.63, 3.8) is 0 Å². The van der Waals surface area contributed by atoms with Crippen LogP contribution in [0.15, 0.2) is 34.0 Å². The minimum absolute atomic E-state index is 0.349. The van der Waals surface area contributed by atoms with Gasteiger partial charge in [0.25, 0.3) is 0 Å². The fourth-order valence-electron chi connectivity index (χ4n) is 1.62. The van der Waals surface area contributed by atoms with Crippen LogP contribution in [-0.4, -0.2) is 29.3 Å². The fraction of sp³-hybridized carbons (Fsp3) is 0.385. The van der Waals surface area contributed by atoms with Crippen LogP contribution in [0.3, 0.4) is 0 Å². The number of nitrogens with zero attached hydrogens (tertiary/aromatic N) is 2. The molecule has 0 fully saturated rings. The van der Waals surface area contributed by atoms with E-state index in [1.807, 2.05) is 13.0 Å². The molecule has 2 aromatic rings. The first kappa shape index (κ1) is 15.8. The molecule has 0 bridgehead atoms. The minimum atomic E-state index is -0.626. The second kappa shape index (κ2) is 8.02. The van der Waals surface area contributed by atoms with Crippen molar-refractivity contribution in [3.05, 3.63) is 39.4 Å². The van der Waals surface area contributed by atoms with Crippen molar-refractivity contribution >= 4 is 28.9 Å². The van der Waals surface area contributed by atoms with Crippen LogP contribution in [0.4, 0.5) is 0 Å². The Morgan fingerprint density at radius 1 is 1.48 bits per heavy atom. The maximum atomic E-state index is 10.1. The summed E-state index contributed by atoms with van der Waals surface area (Å²) < 4.78 is 5.42. The van der Waals surface area contributed by atoms with E-state index in [1.165, 1.54) is 17.6 Å². The highest BCUT2D eigenvalue weighted by Crippen LogP contribution is 2.26. The maximum absolute atomic E-state index is 10.1. The van der Waals surface area contributed by atoms with Gasteiger partial charge < -0.3 is 20.3 Å². The Kier molecular flexibility index (Phi) is 6.04. The standard InChI is InChI=1S/C13H17ClN4O2S/c1-2-15-13(16-7-9-5-6-20-18-9)17-8-10(19)11-3-4-12(14)21-11/h3-6,10,19H,2,7-8H2,1H3,(H2,15,16,17). The first-order chi connectivity index (χ1) is 10.2. The second-order valence-electron chi connectivity index (χ2n) is 4.22. The molecular formula is C13H17ClN4O2S. The molecule has 1 unspecified atom stereocenters. The summed E-state index contributed by atoms with van der Waals surface area (Å²) in [4.78, 5) is 5.18. The molecule has 3 N–H and O–H groups in total. The third-order valence-electron chi connectivity index (χ3n) is 2.62. The molecule has 2 heterocycles. The molecule has 2 aromatic heterocycles. The number of aromatic nitrogens is 1. The molecule has 0 radical (unpaired) electrons. The van der Waals surface area contributed by atoms with Crippen LogP contribution < -0.4 is 10.6 Å². The SMILES string of the molecule is CCNC(=NCc1ccon1)NCC(O)c1ccc(Cl)s1. The zero-order valence-electron chi connectivity index (χ0n) is 11.5. The Hall–Kier alpha value is -1.57. The summed E-state index contributed by atoms with van der Waals surface area (Å²) in [5.74, 6) is 0.613. The number of hydrogen-bond acceptors (Lipinski definition) is 5. The molecule has 0 saturated heterocycles. The topological polar surface area (TPSA) is 82.7 Å². The molecule has 114 valence electrons. The van der Waals surface area contributed by atoms with Crippen molar-refractivity contribution in [2.24, 2.45) is 4.99 Å². The third kappa shape index (κ3) is 5.04. The summed E-state index contributed by atoms with van der Waals surface area (Å²) in [5.41, 5.74) is 0.748. The smallest absolute Gasteiger partial charge is 0.191 e. The monoisotopic (exact) mass is 328 g/mol. The van der Waals surface area contributed by atoms with Crippen LogP contribution >= 0.6 is 22.9 Å². The highest BCUT2D eigenvalue weighted by atomic mass is 35.5. The molecule has 6 nitrogen and oxygen atoms in total. The summed E-state index contributed by atoms with van der Waals surface area (Å²) in [6.07, 6.45) is 0.883. The molecule has 0 aliphatic rings. The van der Waals surface area contributed by atoms with Gasteiger partial charge in [0.1, 0.15) is 18.1 Å². The Labute approximate surface area is 131 Å². The van der Waals surface area contributed by atoms with Gasteiger partial charge in [-0.05, 0) is 19.1 Å². The molecule has 0 aromatic carbocycles.